The third-order valence-electron chi connectivity index (χ3n) is 5.30. The first-order valence-electron chi connectivity index (χ1n) is 9.19. The fourth-order valence-electron chi connectivity index (χ4n) is 3.44. The lowest BCUT2D eigenvalue weighted by Gasteiger charge is -2.34. The molecule has 0 aliphatic carbocycles. The number of carbonyl (C=O) groups is 1. The van der Waals surface area contributed by atoms with E-state index in [1.807, 2.05) is 48.3 Å². The van der Waals surface area contributed by atoms with Gasteiger partial charge < -0.3 is 14.7 Å². The van der Waals surface area contributed by atoms with Gasteiger partial charge in [0.25, 0.3) is 5.91 Å². The van der Waals surface area contributed by atoms with Crippen LogP contribution in [0.25, 0.3) is 0 Å². The Labute approximate surface area is 161 Å². The summed E-state index contributed by atoms with van der Waals surface area (Å²) in [5.41, 5.74) is 2.34. The number of nitrogens with zero attached hydrogens (tertiary/aromatic N) is 2. The molecule has 1 heterocycles. The minimum atomic E-state index is 0.0934. The molecule has 1 aliphatic rings. The van der Waals surface area contributed by atoms with E-state index in [1.165, 1.54) is 10.5 Å². The number of rotatable bonds is 5. The average molecular weight is 373 g/mol. The van der Waals surface area contributed by atoms with Gasteiger partial charge in [-0.05, 0) is 30.7 Å². The normalized spacial score (nSPS) is 16.3. The maximum Gasteiger partial charge on any atom is 0.278 e. The molecule has 0 radical (unpaired) electrons. The first-order chi connectivity index (χ1) is 12.5. The van der Waals surface area contributed by atoms with E-state index in [1.54, 1.807) is 0 Å². The SMILES string of the molecule is C[C@@H](c1ccccc1)N(C)C(=O)C[NH+]1CCN(c2cccc(Cl)c2)CC1. The number of likely N-dealkylation sites (N-methyl/N-ethyl adjacent to an activating group) is 1. The Hall–Kier alpha value is -2.04. The maximum absolute atomic E-state index is 12.7. The molecular formula is C21H27ClN3O+. The molecule has 26 heavy (non-hydrogen) atoms. The van der Waals surface area contributed by atoms with Crippen LogP contribution < -0.4 is 9.80 Å². The first-order valence-corrected chi connectivity index (χ1v) is 9.57. The quantitative estimate of drug-likeness (QED) is 0.872. The maximum atomic E-state index is 12.7. The summed E-state index contributed by atoms with van der Waals surface area (Å²) < 4.78 is 0. The van der Waals surface area contributed by atoms with Crippen molar-refractivity contribution in [1.29, 1.82) is 0 Å². The summed E-state index contributed by atoms with van der Waals surface area (Å²) >= 11 is 6.09. The highest BCUT2D eigenvalue weighted by Gasteiger charge is 2.25. The van der Waals surface area contributed by atoms with E-state index in [9.17, 15) is 4.79 Å². The van der Waals surface area contributed by atoms with Crippen molar-refractivity contribution in [3.8, 4) is 0 Å². The van der Waals surface area contributed by atoms with Crippen LogP contribution in [0.2, 0.25) is 5.02 Å². The lowest BCUT2D eigenvalue weighted by atomic mass is 10.1. The van der Waals surface area contributed by atoms with Crippen LogP contribution >= 0.6 is 11.6 Å². The molecule has 1 saturated heterocycles. The van der Waals surface area contributed by atoms with E-state index < -0.39 is 0 Å². The van der Waals surface area contributed by atoms with Crippen molar-refractivity contribution in [3.05, 3.63) is 65.2 Å². The molecule has 0 bridgehead atoms. The molecule has 1 fully saturated rings. The molecule has 4 nitrogen and oxygen atoms in total. The summed E-state index contributed by atoms with van der Waals surface area (Å²) in [6.45, 7) is 6.45. The Morgan fingerprint density at radius 2 is 1.85 bits per heavy atom. The minimum Gasteiger partial charge on any atom is -0.360 e. The van der Waals surface area contributed by atoms with Gasteiger partial charge >= 0.3 is 0 Å². The minimum absolute atomic E-state index is 0.0934. The van der Waals surface area contributed by atoms with Crippen LogP contribution in [0.4, 0.5) is 5.69 Å². The van der Waals surface area contributed by atoms with E-state index in [0.29, 0.717) is 6.54 Å². The Kier molecular flexibility index (Phi) is 6.17. The fourth-order valence-corrected chi connectivity index (χ4v) is 3.62. The van der Waals surface area contributed by atoms with Gasteiger partial charge in [0, 0.05) is 17.8 Å². The van der Waals surface area contributed by atoms with Crippen LogP contribution in [-0.2, 0) is 4.79 Å². The van der Waals surface area contributed by atoms with E-state index in [-0.39, 0.29) is 11.9 Å². The summed E-state index contributed by atoms with van der Waals surface area (Å²) in [5, 5.41) is 0.768. The lowest BCUT2D eigenvalue weighted by Crippen LogP contribution is -3.15. The molecule has 1 N–H and O–H groups in total. The highest BCUT2D eigenvalue weighted by atomic mass is 35.5. The standard InChI is InChI=1S/C21H26ClN3O/c1-17(18-7-4-3-5-8-18)23(2)21(26)16-24-11-13-25(14-12-24)20-10-6-9-19(22)15-20/h3-10,15,17H,11-14,16H2,1-2H3/p+1/t17-/m0/s1. The van der Waals surface area contributed by atoms with Crippen molar-refractivity contribution < 1.29 is 9.69 Å². The molecule has 0 aromatic heterocycles. The average Bonchev–Trinajstić information content (AvgIpc) is 2.68. The summed E-state index contributed by atoms with van der Waals surface area (Å²) in [6.07, 6.45) is 0. The Morgan fingerprint density at radius 1 is 1.15 bits per heavy atom. The largest absolute Gasteiger partial charge is 0.360 e. The van der Waals surface area contributed by atoms with Crippen molar-refractivity contribution in [1.82, 2.24) is 4.90 Å². The third kappa shape index (κ3) is 4.57. The number of quaternary nitrogens is 1. The van der Waals surface area contributed by atoms with Gasteiger partial charge in [-0.1, -0.05) is 48.0 Å². The molecule has 1 atom stereocenters. The smallest absolute Gasteiger partial charge is 0.278 e. The molecule has 2 aromatic rings. The molecule has 1 aliphatic heterocycles. The predicted octanol–water partition coefficient (Wildman–Crippen LogP) is 2.26. The number of benzene rings is 2. The van der Waals surface area contributed by atoms with E-state index >= 15 is 0 Å². The van der Waals surface area contributed by atoms with Crippen LogP contribution in [0.3, 0.4) is 0 Å². The second kappa shape index (κ2) is 8.56. The van der Waals surface area contributed by atoms with Gasteiger partial charge in [-0.2, -0.15) is 0 Å². The van der Waals surface area contributed by atoms with Crippen LogP contribution in [0.5, 0.6) is 0 Å². The number of nitrogens with one attached hydrogen (secondary N) is 1. The van der Waals surface area contributed by atoms with Crippen LogP contribution in [-0.4, -0.2) is 50.6 Å². The molecule has 138 valence electrons. The van der Waals surface area contributed by atoms with Crippen molar-refractivity contribution in [3.63, 3.8) is 0 Å². The van der Waals surface area contributed by atoms with Crippen molar-refractivity contribution in [2.45, 2.75) is 13.0 Å². The molecule has 5 heteroatoms. The second-order valence-corrected chi connectivity index (χ2v) is 7.42. The van der Waals surface area contributed by atoms with Gasteiger partial charge in [0.05, 0.1) is 32.2 Å². The lowest BCUT2D eigenvalue weighted by molar-refractivity contribution is -0.892. The summed E-state index contributed by atoms with van der Waals surface area (Å²) in [6, 6.07) is 18.3. The highest BCUT2D eigenvalue weighted by molar-refractivity contribution is 6.30. The van der Waals surface area contributed by atoms with Crippen LogP contribution in [0.1, 0.15) is 18.5 Å². The molecular weight excluding hydrogens is 346 g/mol. The van der Waals surface area contributed by atoms with Gasteiger partial charge in [-0.3, -0.25) is 4.79 Å². The first kappa shape index (κ1) is 18.7. The molecule has 0 unspecified atom stereocenters. The zero-order chi connectivity index (χ0) is 18.5. The zero-order valence-corrected chi connectivity index (χ0v) is 16.2. The van der Waals surface area contributed by atoms with Gasteiger partial charge in [-0.15, -0.1) is 0 Å². The van der Waals surface area contributed by atoms with Gasteiger partial charge in [-0.25, -0.2) is 0 Å². The Balaban J connectivity index is 1.51. The topological polar surface area (TPSA) is 28.0 Å². The van der Waals surface area contributed by atoms with Crippen molar-refractivity contribution >= 4 is 23.2 Å². The van der Waals surface area contributed by atoms with Gasteiger partial charge in [0.15, 0.2) is 6.54 Å². The molecule has 2 aromatic carbocycles. The number of carbonyl (C=O) groups excluding carboxylic acids is 1. The molecule has 3 rings (SSSR count). The van der Waals surface area contributed by atoms with Gasteiger partial charge in [0.1, 0.15) is 0 Å². The number of hydrogen-bond acceptors (Lipinski definition) is 2. The summed E-state index contributed by atoms with van der Waals surface area (Å²) in [7, 11) is 1.90. The Bertz CT molecular complexity index is 729. The van der Waals surface area contributed by atoms with Crippen LogP contribution in [0, 0.1) is 0 Å². The number of halogens is 1. The molecule has 0 spiro atoms. The summed E-state index contributed by atoms with van der Waals surface area (Å²) in [4.78, 5) is 18.3. The number of piperazine rings is 1. The number of hydrogen-bond donors (Lipinski definition) is 1. The highest BCUT2D eigenvalue weighted by Crippen LogP contribution is 2.19. The number of amides is 1. The molecule has 0 saturated carbocycles. The van der Waals surface area contributed by atoms with E-state index in [0.717, 1.165) is 36.9 Å². The zero-order valence-electron chi connectivity index (χ0n) is 15.5. The van der Waals surface area contributed by atoms with Crippen molar-refractivity contribution in [2.75, 3.05) is 44.7 Å². The monoisotopic (exact) mass is 372 g/mol. The third-order valence-corrected chi connectivity index (χ3v) is 5.54. The van der Waals surface area contributed by atoms with Crippen molar-refractivity contribution in [2.24, 2.45) is 0 Å². The fraction of sp³-hybridized carbons (Fsp3) is 0.381. The van der Waals surface area contributed by atoms with Crippen LogP contribution in [0.15, 0.2) is 54.6 Å². The van der Waals surface area contributed by atoms with Gasteiger partial charge in [0.2, 0.25) is 0 Å². The molecule has 1 amide bonds. The summed E-state index contributed by atoms with van der Waals surface area (Å²) in [5.74, 6) is 0.201. The number of anilines is 1. The predicted molar refractivity (Wildman–Crippen MR) is 107 cm³/mol. The second-order valence-electron chi connectivity index (χ2n) is 6.98. The Morgan fingerprint density at radius 3 is 2.50 bits per heavy atom. The van der Waals surface area contributed by atoms with E-state index in [2.05, 4.69) is 30.0 Å². The van der Waals surface area contributed by atoms with E-state index in [4.69, 9.17) is 11.6 Å².